The van der Waals surface area contributed by atoms with Gasteiger partial charge in [0, 0.05) is 13.0 Å². The Balaban J connectivity index is 1.43. The lowest BCUT2D eigenvalue weighted by Gasteiger charge is -2.07. The van der Waals surface area contributed by atoms with Crippen molar-refractivity contribution in [2.24, 2.45) is 0 Å². The third-order valence-electron chi connectivity index (χ3n) is 3.91. The molecule has 0 saturated heterocycles. The predicted octanol–water partition coefficient (Wildman–Crippen LogP) is 3.13. The van der Waals surface area contributed by atoms with Gasteiger partial charge in [-0.15, -0.1) is 0 Å². The van der Waals surface area contributed by atoms with Crippen molar-refractivity contribution in [3.63, 3.8) is 0 Å². The van der Waals surface area contributed by atoms with E-state index >= 15 is 0 Å². The van der Waals surface area contributed by atoms with E-state index in [-0.39, 0.29) is 5.91 Å². The molecular formula is C19H20N2O3. The molecule has 0 radical (unpaired) electrons. The molecule has 1 N–H and O–H groups in total. The molecule has 3 rings (SSSR count). The minimum atomic E-state index is 0.0542. The first kappa shape index (κ1) is 16.1. The van der Waals surface area contributed by atoms with Crippen molar-refractivity contribution in [2.75, 3.05) is 13.7 Å². The fraction of sp³-hybridized carbons (Fsp3) is 0.263. The van der Waals surface area contributed by atoms with Crippen LogP contribution in [0.3, 0.4) is 0 Å². The van der Waals surface area contributed by atoms with E-state index in [9.17, 15) is 4.79 Å². The quantitative estimate of drug-likeness (QED) is 0.725. The summed E-state index contributed by atoms with van der Waals surface area (Å²) in [5.74, 6) is 0.870. The number of hydrogen-bond acceptors (Lipinski definition) is 4. The minimum Gasteiger partial charge on any atom is -0.497 e. The molecule has 5 heteroatoms. The summed E-state index contributed by atoms with van der Waals surface area (Å²) in [4.78, 5) is 16.0. The fourth-order valence-electron chi connectivity index (χ4n) is 2.58. The Morgan fingerprint density at radius 1 is 1.17 bits per heavy atom. The van der Waals surface area contributed by atoms with Gasteiger partial charge in [0.1, 0.15) is 11.3 Å². The van der Waals surface area contributed by atoms with Crippen molar-refractivity contribution >= 4 is 17.0 Å². The average molecular weight is 324 g/mol. The Hall–Kier alpha value is -2.82. The highest BCUT2D eigenvalue weighted by molar-refractivity contribution is 5.76. The van der Waals surface area contributed by atoms with Crippen LogP contribution in [0.15, 0.2) is 53.3 Å². The number of methoxy groups -OCH3 is 1. The number of amides is 1. The minimum absolute atomic E-state index is 0.0542. The number of rotatable bonds is 7. The second-order valence-corrected chi connectivity index (χ2v) is 5.61. The molecule has 0 atom stereocenters. The maximum absolute atomic E-state index is 12.0. The van der Waals surface area contributed by atoms with Crippen LogP contribution >= 0.6 is 0 Å². The molecule has 0 aliphatic rings. The molecule has 1 aromatic heterocycles. The lowest BCUT2D eigenvalue weighted by molar-refractivity contribution is -0.121. The highest BCUT2D eigenvalue weighted by atomic mass is 16.5. The number of benzene rings is 2. The number of fused-ring (bicyclic) bond motifs is 1. The predicted molar refractivity (Wildman–Crippen MR) is 92.0 cm³/mol. The zero-order valence-electron chi connectivity index (χ0n) is 13.6. The number of ether oxygens (including phenoxy) is 1. The van der Waals surface area contributed by atoms with E-state index < -0.39 is 0 Å². The van der Waals surface area contributed by atoms with Gasteiger partial charge in [-0.25, -0.2) is 4.98 Å². The summed E-state index contributed by atoms with van der Waals surface area (Å²) in [5, 5.41) is 2.96. The van der Waals surface area contributed by atoms with E-state index in [1.165, 1.54) is 6.39 Å². The smallest absolute Gasteiger partial charge is 0.220 e. The van der Waals surface area contributed by atoms with Gasteiger partial charge in [-0.1, -0.05) is 18.2 Å². The van der Waals surface area contributed by atoms with E-state index in [0.717, 1.165) is 34.4 Å². The number of nitrogens with one attached hydrogen (secondary N) is 1. The summed E-state index contributed by atoms with van der Waals surface area (Å²) in [6.45, 7) is 0.608. The van der Waals surface area contributed by atoms with E-state index in [2.05, 4.69) is 10.3 Å². The van der Waals surface area contributed by atoms with Crippen LogP contribution in [0.1, 0.15) is 17.5 Å². The van der Waals surface area contributed by atoms with Crippen LogP contribution < -0.4 is 10.1 Å². The molecule has 0 aliphatic heterocycles. The molecule has 0 aliphatic carbocycles. The number of carbonyl (C=O) groups excluding carboxylic acids is 1. The Morgan fingerprint density at radius 3 is 2.92 bits per heavy atom. The van der Waals surface area contributed by atoms with Gasteiger partial charge in [-0.3, -0.25) is 4.79 Å². The van der Waals surface area contributed by atoms with Gasteiger partial charge in [0.15, 0.2) is 12.0 Å². The fourth-order valence-corrected chi connectivity index (χ4v) is 2.58. The van der Waals surface area contributed by atoms with Crippen LogP contribution in [-0.2, 0) is 17.6 Å². The van der Waals surface area contributed by atoms with E-state index in [1.807, 2.05) is 42.5 Å². The Labute approximate surface area is 140 Å². The molecule has 0 spiro atoms. The molecular weight excluding hydrogens is 304 g/mol. The summed E-state index contributed by atoms with van der Waals surface area (Å²) in [6, 6.07) is 13.7. The van der Waals surface area contributed by atoms with Crippen LogP contribution in [0, 0.1) is 0 Å². The standard InChI is InChI=1S/C19H20N2O3/c1-23-16-4-2-3-14(11-16)6-8-19(22)20-10-9-15-5-7-17-18(12-15)24-13-21-17/h2-5,7,11-13H,6,8-10H2,1H3,(H,20,22). The van der Waals surface area contributed by atoms with Crippen molar-refractivity contribution in [3.05, 3.63) is 60.0 Å². The van der Waals surface area contributed by atoms with Gasteiger partial charge < -0.3 is 14.5 Å². The van der Waals surface area contributed by atoms with Crippen LogP contribution in [0.25, 0.3) is 11.1 Å². The number of nitrogens with zero attached hydrogens (tertiary/aromatic N) is 1. The zero-order chi connectivity index (χ0) is 16.8. The van der Waals surface area contributed by atoms with Crippen LogP contribution in [0.2, 0.25) is 0 Å². The summed E-state index contributed by atoms with van der Waals surface area (Å²) < 4.78 is 10.5. The highest BCUT2D eigenvalue weighted by Crippen LogP contribution is 2.15. The zero-order valence-corrected chi connectivity index (χ0v) is 13.6. The van der Waals surface area contributed by atoms with Gasteiger partial charge in [0.25, 0.3) is 0 Å². The molecule has 1 heterocycles. The number of aryl methyl sites for hydroxylation is 1. The van der Waals surface area contributed by atoms with Crippen LogP contribution in [0.4, 0.5) is 0 Å². The third kappa shape index (κ3) is 4.13. The van der Waals surface area contributed by atoms with Gasteiger partial charge in [0.2, 0.25) is 5.91 Å². The maximum atomic E-state index is 12.0. The SMILES string of the molecule is COc1cccc(CCC(=O)NCCc2ccc3ncoc3c2)c1. The van der Waals surface area contributed by atoms with Crippen molar-refractivity contribution in [3.8, 4) is 5.75 Å². The summed E-state index contributed by atoms with van der Waals surface area (Å²) in [5.41, 5.74) is 3.84. The van der Waals surface area contributed by atoms with E-state index in [4.69, 9.17) is 9.15 Å². The number of aromatic nitrogens is 1. The van der Waals surface area contributed by atoms with Crippen molar-refractivity contribution in [1.82, 2.24) is 10.3 Å². The molecule has 0 fully saturated rings. The molecule has 0 saturated carbocycles. The molecule has 124 valence electrons. The Bertz CT molecular complexity index is 826. The lowest BCUT2D eigenvalue weighted by Crippen LogP contribution is -2.25. The first-order valence-corrected chi connectivity index (χ1v) is 7.96. The Morgan fingerprint density at radius 2 is 2.04 bits per heavy atom. The van der Waals surface area contributed by atoms with Crippen molar-refractivity contribution in [1.29, 1.82) is 0 Å². The van der Waals surface area contributed by atoms with E-state index in [0.29, 0.717) is 19.4 Å². The lowest BCUT2D eigenvalue weighted by atomic mass is 10.1. The number of hydrogen-bond donors (Lipinski definition) is 1. The molecule has 0 unspecified atom stereocenters. The van der Waals surface area contributed by atoms with Gasteiger partial charge in [-0.05, 0) is 48.2 Å². The van der Waals surface area contributed by atoms with Crippen molar-refractivity contribution < 1.29 is 13.9 Å². The van der Waals surface area contributed by atoms with Crippen molar-refractivity contribution in [2.45, 2.75) is 19.3 Å². The normalized spacial score (nSPS) is 10.7. The summed E-state index contributed by atoms with van der Waals surface area (Å²) in [7, 11) is 1.64. The summed E-state index contributed by atoms with van der Waals surface area (Å²) in [6.07, 6.45) is 3.37. The van der Waals surface area contributed by atoms with E-state index in [1.54, 1.807) is 7.11 Å². The molecule has 0 bridgehead atoms. The molecule has 3 aromatic rings. The second kappa shape index (κ2) is 7.64. The number of carbonyl (C=O) groups is 1. The van der Waals surface area contributed by atoms with Gasteiger partial charge in [-0.2, -0.15) is 0 Å². The van der Waals surface area contributed by atoms with Crippen LogP contribution in [-0.4, -0.2) is 24.5 Å². The molecule has 5 nitrogen and oxygen atoms in total. The molecule has 1 amide bonds. The third-order valence-corrected chi connectivity index (χ3v) is 3.91. The molecule has 24 heavy (non-hydrogen) atoms. The highest BCUT2D eigenvalue weighted by Gasteiger charge is 2.04. The van der Waals surface area contributed by atoms with Gasteiger partial charge in [0.05, 0.1) is 7.11 Å². The largest absolute Gasteiger partial charge is 0.497 e. The first-order chi connectivity index (χ1) is 11.7. The Kier molecular flexibility index (Phi) is 5.11. The average Bonchev–Trinajstić information content (AvgIpc) is 3.08. The first-order valence-electron chi connectivity index (χ1n) is 7.96. The van der Waals surface area contributed by atoms with Gasteiger partial charge >= 0.3 is 0 Å². The summed E-state index contributed by atoms with van der Waals surface area (Å²) >= 11 is 0. The topological polar surface area (TPSA) is 64.4 Å². The number of oxazole rings is 1. The monoisotopic (exact) mass is 324 g/mol. The molecule has 2 aromatic carbocycles. The van der Waals surface area contributed by atoms with Crippen LogP contribution in [0.5, 0.6) is 5.75 Å². The second-order valence-electron chi connectivity index (χ2n) is 5.61. The maximum Gasteiger partial charge on any atom is 0.220 e.